The van der Waals surface area contributed by atoms with Crippen molar-refractivity contribution in [2.24, 2.45) is 11.1 Å². The highest BCUT2D eigenvalue weighted by Crippen LogP contribution is 2.38. The molecule has 0 spiro atoms. The molecule has 0 bridgehead atoms. The molecule has 104 valence electrons. The Kier molecular flexibility index (Phi) is 4.02. The Hall–Kier alpha value is -1.65. The van der Waals surface area contributed by atoms with Gasteiger partial charge in [0.25, 0.3) is 0 Å². The quantitative estimate of drug-likeness (QED) is 0.643. The van der Waals surface area contributed by atoms with Gasteiger partial charge in [-0.2, -0.15) is 0 Å². The van der Waals surface area contributed by atoms with E-state index in [1.54, 1.807) is 12.3 Å². The van der Waals surface area contributed by atoms with Crippen LogP contribution in [0.2, 0.25) is 0 Å². The summed E-state index contributed by atoms with van der Waals surface area (Å²) in [7, 11) is 0. The summed E-state index contributed by atoms with van der Waals surface area (Å²) in [6.07, 6.45) is 6.54. The monoisotopic (exact) mass is 261 g/mol. The largest absolute Gasteiger partial charge is 0.382 e. The minimum Gasteiger partial charge on any atom is -0.382 e. The van der Waals surface area contributed by atoms with Crippen LogP contribution in [-0.4, -0.2) is 28.9 Å². The van der Waals surface area contributed by atoms with Crippen LogP contribution in [-0.2, 0) is 0 Å². The SMILES string of the molecule is CCC1(CC)CCN(c2nccc(C(=N)N)n2)CC1. The molecule has 0 atom stereocenters. The van der Waals surface area contributed by atoms with Crippen LogP contribution in [0.15, 0.2) is 12.3 Å². The average molecular weight is 261 g/mol. The molecule has 0 unspecified atom stereocenters. The number of hydrogen-bond donors (Lipinski definition) is 2. The lowest BCUT2D eigenvalue weighted by Crippen LogP contribution is -2.40. The van der Waals surface area contributed by atoms with Crippen molar-refractivity contribution < 1.29 is 0 Å². The number of anilines is 1. The zero-order valence-corrected chi connectivity index (χ0v) is 11.8. The van der Waals surface area contributed by atoms with E-state index in [2.05, 4.69) is 28.7 Å². The van der Waals surface area contributed by atoms with Gasteiger partial charge >= 0.3 is 0 Å². The van der Waals surface area contributed by atoms with E-state index in [-0.39, 0.29) is 5.84 Å². The summed E-state index contributed by atoms with van der Waals surface area (Å²) in [6, 6.07) is 1.68. The van der Waals surface area contributed by atoms with Crippen LogP contribution in [0.1, 0.15) is 45.2 Å². The van der Waals surface area contributed by atoms with Gasteiger partial charge in [0.1, 0.15) is 11.5 Å². The summed E-state index contributed by atoms with van der Waals surface area (Å²) in [5.74, 6) is 0.700. The Labute approximate surface area is 114 Å². The molecule has 0 aromatic carbocycles. The van der Waals surface area contributed by atoms with Gasteiger partial charge in [-0.05, 0) is 24.3 Å². The Morgan fingerprint density at radius 1 is 1.37 bits per heavy atom. The van der Waals surface area contributed by atoms with Gasteiger partial charge in [0.15, 0.2) is 0 Å². The Morgan fingerprint density at radius 3 is 2.53 bits per heavy atom. The van der Waals surface area contributed by atoms with Crippen molar-refractivity contribution in [2.75, 3.05) is 18.0 Å². The van der Waals surface area contributed by atoms with E-state index in [0.717, 1.165) is 13.1 Å². The molecule has 1 aliphatic rings. The predicted molar refractivity (Wildman–Crippen MR) is 77.5 cm³/mol. The summed E-state index contributed by atoms with van der Waals surface area (Å²) in [5, 5.41) is 7.44. The summed E-state index contributed by atoms with van der Waals surface area (Å²) < 4.78 is 0. The molecule has 5 nitrogen and oxygen atoms in total. The molecule has 0 radical (unpaired) electrons. The first-order valence-corrected chi connectivity index (χ1v) is 7.02. The highest BCUT2D eigenvalue weighted by atomic mass is 15.3. The van der Waals surface area contributed by atoms with E-state index in [1.165, 1.54) is 25.7 Å². The zero-order chi connectivity index (χ0) is 13.9. The van der Waals surface area contributed by atoms with Crippen LogP contribution < -0.4 is 10.6 Å². The normalized spacial score (nSPS) is 18.3. The minimum atomic E-state index is -0.00266. The van der Waals surface area contributed by atoms with Crippen molar-refractivity contribution >= 4 is 11.8 Å². The molecule has 5 heteroatoms. The van der Waals surface area contributed by atoms with E-state index in [4.69, 9.17) is 11.1 Å². The molecular weight excluding hydrogens is 238 g/mol. The number of piperidine rings is 1. The zero-order valence-electron chi connectivity index (χ0n) is 11.8. The van der Waals surface area contributed by atoms with Crippen molar-refractivity contribution in [2.45, 2.75) is 39.5 Å². The lowest BCUT2D eigenvalue weighted by molar-refractivity contribution is 0.198. The van der Waals surface area contributed by atoms with E-state index in [9.17, 15) is 0 Å². The van der Waals surface area contributed by atoms with Gasteiger partial charge in [-0.15, -0.1) is 0 Å². The van der Waals surface area contributed by atoms with Gasteiger partial charge in [0, 0.05) is 19.3 Å². The fraction of sp³-hybridized carbons (Fsp3) is 0.643. The van der Waals surface area contributed by atoms with Crippen LogP contribution in [0.4, 0.5) is 5.95 Å². The molecule has 2 rings (SSSR count). The van der Waals surface area contributed by atoms with E-state index < -0.39 is 0 Å². The van der Waals surface area contributed by atoms with Crippen LogP contribution in [0.5, 0.6) is 0 Å². The Morgan fingerprint density at radius 2 is 2.00 bits per heavy atom. The number of nitrogens with two attached hydrogens (primary N) is 1. The summed E-state index contributed by atoms with van der Waals surface area (Å²) in [4.78, 5) is 10.9. The second-order valence-electron chi connectivity index (χ2n) is 5.35. The van der Waals surface area contributed by atoms with Gasteiger partial charge in [0.05, 0.1) is 0 Å². The lowest BCUT2D eigenvalue weighted by Gasteiger charge is -2.41. The number of amidine groups is 1. The first-order chi connectivity index (χ1) is 9.10. The number of nitrogens with zero attached hydrogens (tertiary/aromatic N) is 3. The predicted octanol–water partition coefficient (Wildman–Crippen LogP) is 2.17. The third-order valence-electron chi connectivity index (χ3n) is 4.53. The van der Waals surface area contributed by atoms with Crippen molar-refractivity contribution in [1.29, 1.82) is 5.41 Å². The number of nitrogens with one attached hydrogen (secondary N) is 1. The molecule has 3 N–H and O–H groups in total. The summed E-state index contributed by atoms with van der Waals surface area (Å²) >= 11 is 0. The van der Waals surface area contributed by atoms with Gasteiger partial charge in [0.2, 0.25) is 5.95 Å². The maximum absolute atomic E-state index is 7.44. The van der Waals surface area contributed by atoms with Crippen LogP contribution in [0.25, 0.3) is 0 Å². The molecule has 0 aliphatic carbocycles. The van der Waals surface area contributed by atoms with Crippen molar-refractivity contribution in [3.05, 3.63) is 18.0 Å². The van der Waals surface area contributed by atoms with Crippen LogP contribution >= 0.6 is 0 Å². The van der Waals surface area contributed by atoms with Crippen LogP contribution in [0, 0.1) is 10.8 Å². The molecule has 0 saturated carbocycles. The highest BCUT2D eigenvalue weighted by Gasteiger charge is 2.31. The number of nitrogen functional groups attached to an aromatic ring is 1. The van der Waals surface area contributed by atoms with E-state index in [1.807, 2.05) is 0 Å². The van der Waals surface area contributed by atoms with Gasteiger partial charge in [-0.25, -0.2) is 9.97 Å². The summed E-state index contributed by atoms with van der Waals surface area (Å²) in [6.45, 7) is 6.55. The van der Waals surface area contributed by atoms with Crippen molar-refractivity contribution in [3.63, 3.8) is 0 Å². The second-order valence-corrected chi connectivity index (χ2v) is 5.35. The molecule has 0 amide bonds. The third kappa shape index (κ3) is 2.85. The topological polar surface area (TPSA) is 78.9 Å². The number of hydrogen-bond acceptors (Lipinski definition) is 4. The highest BCUT2D eigenvalue weighted by molar-refractivity contribution is 5.93. The first-order valence-electron chi connectivity index (χ1n) is 7.02. The fourth-order valence-electron chi connectivity index (χ4n) is 2.79. The number of rotatable bonds is 4. The minimum absolute atomic E-state index is 0.00266. The second kappa shape index (κ2) is 5.55. The number of aromatic nitrogens is 2. The molecule has 1 aromatic heterocycles. The lowest BCUT2D eigenvalue weighted by atomic mass is 9.74. The van der Waals surface area contributed by atoms with Crippen molar-refractivity contribution in [1.82, 2.24) is 9.97 Å². The van der Waals surface area contributed by atoms with Gasteiger partial charge < -0.3 is 10.6 Å². The third-order valence-corrected chi connectivity index (χ3v) is 4.53. The molecule has 1 aromatic rings. The Balaban J connectivity index is 2.09. The average Bonchev–Trinajstić information content (AvgIpc) is 2.47. The fourth-order valence-corrected chi connectivity index (χ4v) is 2.79. The molecule has 1 fully saturated rings. The molecule has 19 heavy (non-hydrogen) atoms. The molecular formula is C14H23N5. The van der Waals surface area contributed by atoms with E-state index in [0.29, 0.717) is 17.1 Å². The molecule has 1 saturated heterocycles. The van der Waals surface area contributed by atoms with Gasteiger partial charge in [-0.1, -0.05) is 26.7 Å². The van der Waals surface area contributed by atoms with E-state index >= 15 is 0 Å². The Bertz CT molecular complexity index is 443. The molecule has 2 heterocycles. The van der Waals surface area contributed by atoms with Gasteiger partial charge in [-0.3, -0.25) is 5.41 Å². The standard InChI is InChI=1S/C14H23N5/c1-3-14(4-2)6-9-19(10-7-14)13-17-8-5-11(18-13)12(15)16/h5,8H,3-4,6-7,9-10H2,1-2H3,(H3,15,16). The maximum atomic E-state index is 7.44. The van der Waals surface area contributed by atoms with Crippen molar-refractivity contribution in [3.8, 4) is 0 Å². The molecule has 1 aliphatic heterocycles. The first kappa shape index (κ1) is 13.8. The smallest absolute Gasteiger partial charge is 0.225 e. The maximum Gasteiger partial charge on any atom is 0.225 e. The van der Waals surface area contributed by atoms with Crippen LogP contribution in [0.3, 0.4) is 0 Å². The summed E-state index contributed by atoms with van der Waals surface area (Å²) in [5.41, 5.74) is 6.47.